The normalized spacial score (nSPS) is 16.7. The van der Waals surface area contributed by atoms with Gasteiger partial charge in [0.1, 0.15) is 18.5 Å². The van der Waals surface area contributed by atoms with Crippen LogP contribution in [-0.2, 0) is 0 Å². The highest BCUT2D eigenvalue weighted by Crippen LogP contribution is 2.12. The first kappa shape index (κ1) is 16.6. The lowest BCUT2D eigenvalue weighted by molar-refractivity contribution is 0.114. The fourth-order valence-electron chi connectivity index (χ4n) is 2.50. The highest BCUT2D eigenvalue weighted by molar-refractivity contribution is 5.80. The molecule has 0 spiro atoms. The number of likely N-dealkylation sites (tertiary alicyclic amines) is 1. The highest BCUT2D eigenvalue weighted by atomic mass is 16.5. The van der Waals surface area contributed by atoms with Gasteiger partial charge in [-0.3, -0.25) is 4.99 Å². The Labute approximate surface area is 133 Å². The third kappa shape index (κ3) is 5.22. The summed E-state index contributed by atoms with van der Waals surface area (Å²) < 4.78 is 5.61. The van der Waals surface area contributed by atoms with Crippen LogP contribution in [0.2, 0.25) is 0 Å². The molecule has 0 aliphatic carbocycles. The number of aliphatic imine (C=N–C) groups is 1. The fourth-order valence-corrected chi connectivity index (χ4v) is 2.50. The average molecular weight is 305 g/mol. The minimum absolute atomic E-state index is 0.256. The maximum atomic E-state index is 10.1. The Bertz CT molecular complexity index is 485. The Hall–Kier alpha value is -1.75. The third-order valence-corrected chi connectivity index (χ3v) is 3.62. The van der Waals surface area contributed by atoms with Crippen LogP contribution in [0.1, 0.15) is 25.3 Å². The van der Waals surface area contributed by atoms with Crippen LogP contribution in [0.15, 0.2) is 29.3 Å². The van der Waals surface area contributed by atoms with E-state index in [9.17, 15) is 5.11 Å². The molecule has 22 heavy (non-hydrogen) atoms. The number of aliphatic hydroxyl groups is 1. The van der Waals surface area contributed by atoms with Crippen molar-refractivity contribution in [1.29, 1.82) is 0 Å². The van der Waals surface area contributed by atoms with Gasteiger partial charge in [0.05, 0.1) is 6.54 Å². The maximum Gasteiger partial charge on any atom is 0.194 e. The number of aryl methyl sites for hydroxylation is 1. The molecule has 0 aromatic heterocycles. The smallest absolute Gasteiger partial charge is 0.194 e. The van der Waals surface area contributed by atoms with Crippen LogP contribution in [0.5, 0.6) is 5.75 Å². The van der Waals surface area contributed by atoms with Gasteiger partial charge in [-0.15, -0.1) is 0 Å². The molecule has 1 aromatic rings. The van der Waals surface area contributed by atoms with Gasteiger partial charge in [0.2, 0.25) is 0 Å². The molecule has 1 unspecified atom stereocenters. The molecule has 1 aromatic carbocycles. The summed E-state index contributed by atoms with van der Waals surface area (Å²) in [5, 5.41) is 13.3. The standard InChI is InChI=1S/C17H27N3O2/c1-3-18-17(20-9-4-5-10-20)19-12-15(21)13-22-16-8-6-7-14(2)11-16/h6-8,11,15,21H,3-5,9-10,12-13H2,1-2H3,(H,18,19). The minimum Gasteiger partial charge on any atom is -0.491 e. The second-order valence-electron chi connectivity index (χ2n) is 5.67. The number of guanidine groups is 1. The summed E-state index contributed by atoms with van der Waals surface area (Å²) in [5.41, 5.74) is 1.15. The number of hydrogen-bond acceptors (Lipinski definition) is 3. The molecule has 0 saturated carbocycles. The summed E-state index contributed by atoms with van der Waals surface area (Å²) in [6.07, 6.45) is 1.82. The van der Waals surface area contributed by atoms with E-state index in [0.29, 0.717) is 6.54 Å². The van der Waals surface area contributed by atoms with Crippen LogP contribution in [0, 0.1) is 6.92 Å². The second-order valence-corrected chi connectivity index (χ2v) is 5.67. The van der Waals surface area contributed by atoms with E-state index in [2.05, 4.69) is 22.1 Å². The molecule has 2 rings (SSSR count). The molecule has 5 heteroatoms. The van der Waals surface area contributed by atoms with Gasteiger partial charge in [0.25, 0.3) is 0 Å². The lowest BCUT2D eigenvalue weighted by atomic mass is 10.2. The molecule has 1 fully saturated rings. The Morgan fingerprint density at radius 2 is 2.18 bits per heavy atom. The monoisotopic (exact) mass is 305 g/mol. The summed E-state index contributed by atoms with van der Waals surface area (Å²) in [7, 11) is 0. The van der Waals surface area contributed by atoms with Crippen LogP contribution >= 0.6 is 0 Å². The molecule has 0 amide bonds. The van der Waals surface area contributed by atoms with Gasteiger partial charge in [0, 0.05) is 19.6 Å². The molecule has 1 aliphatic rings. The first-order chi connectivity index (χ1) is 10.7. The van der Waals surface area contributed by atoms with E-state index in [1.165, 1.54) is 12.8 Å². The van der Waals surface area contributed by atoms with Crippen molar-refractivity contribution in [3.63, 3.8) is 0 Å². The predicted molar refractivity (Wildman–Crippen MR) is 89.5 cm³/mol. The fraction of sp³-hybridized carbons (Fsp3) is 0.588. The van der Waals surface area contributed by atoms with Gasteiger partial charge >= 0.3 is 0 Å². The van der Waals surface area contributed by atoms with Crippen molar-refractivity contribution in [3.05, 3.63) is 29.8 Å². The summed E-state index contributed by atoms with van der Waals surface area (Å²) in [4.78, 5) is 6.77. The van der Waals surface area contributed by atoms with Crippen molar-refractivity contribution < 1.29 is 9.84 Å². The number of hydrogen-bond donors (Lipinski definition) is 2. The van der Waals surface area contributed by atoms with E-state index in [4.69, 9.17) is 4.74 Å². The molecule has 5 nitrogen and oxygen atoms in total. The molecule has 1 aliphatic heterocycles. The zero-order chi connectivity index (χ0) is 15.8. The van der Waals surface area contributed by atoms with Gasteiger partial charge in [-0.05, 0) is 44.4 Å². The molecule has 1 atom stereocenters. The average Bonchev–Trinajstić information content (AvgIpc) is 3.03. The zero-order valence-electron chi connectivity index (χ0n) is 13.6. The molecular formula is C17H27N3O2. The van der Waals surface area contributed by atoms with Crippen LogP contribution in [-0.4, -0.2) is 54.9 Å². The maximum absolute atomic E-state index is 10.1. The van der Waals surface area contributed by atoms with Crippen molar-refractivity contribution in [2.24, 2.45) is 4.99 Å². The van der Waals surface area contributed by atoms with Crippen molar-refractivity contribution in [2.45, 2.75) is 32.8 Å². The quantitative estimate of drug-likeness (QED) is 0.621. The highest BCUT2D eigenvalue weighted by Gasteiger charge is 2.16. The Kier molecular flexibility index (Phi) is 6.52. The second kappa shape index (κ2) is 8.63. The first-order valence-corrected chi connectivity index (χ1v) is 8.10. The lowest BCUT2D eigenvalue weighted by Gasteiger charge is -2.21. The molecule has 0 radical (unpaired) electrons. The van der Waals surface area contributed by atoms with E-state index < -0.39 is 6.10 Å². The number of nitrogens with zero attached hydrogens (tertiary/aromatic N) is 2. The van der Waals surface area contributed by atoms with E-state index in [0.717, 1.165) is 36.9 Å². The number of rotatable bonds is 6. The van der Waals surface area contributed by atoms with Gasteiger partial charge in [0.15, 0.2) is 5.96 Å². The molecule has 122 valence electrons. The summed E-state index contributed by atoms with van der Waals surface area (Å²) in [6, 6.07) is 7.83. The van der Waals surface area contributed by atoms with E-state index >= 15 is 0 Å². The summed E-state index contributed by atoms with van der Waals surface area (Å²) in [5.74, 6) is 1.68. The number of benzene rings is 1. The lowest BCUT2D eigenvalue weighted by Crippen LogP contribution is -2.40. The first-order valence-electron chi connectivity index (χ1n) is 8.10. The summed E-state index contributed by atoms with van der Waals surface area (Å²) in [6.45, 7) is 7.61. The van der Waals surface area contributed by atoms with Crippen molar-refractivity contribution >= 4 is 5.96 Å². The Morgan fingerprint density at radius 3 is 2.86 bits per heavy atom. The minimum atomic E-state index is -0.600. The number of ether oxygens (including phenoxy) is 1. The van der Waals surface area contributed by atoms with Crippen molar-refractivity contribution in [1.82, 2.24) is 10.2 Å². The van der Waals surface area contributed by atoms with Gasteiger partial charge in [-0.2, -0.15) is 0 Å². The molecule has 1 saturated heterocycles. The largest absolute Gasteiger partial charge is 0.491 e. The summed E-state index contributed by atoms with van der Waals surface area (Å²) >= 11 is 0. The topological polar surface area (TPSA) is 57.1 Å². The Balaban J connectivity index is 1.81. The SMILES string of the molecule is CCNC(=NCC(O)COc1cccc(C)c1)N1CCCC1. The molecule has 1 heterocycles. The Morgan fingerprint density at radius 1 is 1.41 bits per heavy atom. The van der Waals surface area contributed by atoms with E-state index in [1.807, 2.05) is 31.2 Å². The molecule has 0 bridgehead atoms. The van der Waals surface area contributed by atoms with Crippen molar-refractivity contribution in [3.8, 4) is 5.75 Å². The third-order valence-electron chi connectivity index (χ3n) is 3.62. The molecule has 2 N–H and O–H groups in total. The zero-order valence-corrected chi connectivity index (χ0v) is 13.6. The van der Waals surface area contributed by atoms with Crippen molar-refractivity contribution in [2.75, 3.05) is 32.8 Å². The van der Waals surface area contributed by atoms with Crippen LogP contribution in [0.4, 0.5) is 0 Å². The van der Waals surface area contributed by atoms with E-state index in [-0.39, 0.29) is 6.61 Å². The predicted octanol–water partition coefficient (Wildman–Crippen LogP) is 1.80. The van der Waals surface area contributed by atoms with Gasteiger partial charge in [-0.1, -0.05) is 12.1 Å². The molecular weight excluding hydrogens is 278 g/mol. The number of nitrogens with one attached hydrogen (secondary N) is 1. The number of aliphatic hydroxyl groups excluding tert-OH is 1. The van der Waals surface area contributed by atoms with Gasteiger partial charge < -0.3 is 20.1 Å². The van der Waals surface area contributed by atoms with Gasteiger partial charge in [-0.25, -0.2) is 0 Å². The van der Waals surface area contributed by atoms with E-state index in [1.54, 1.807) is 0 Å². The van der Waals surface area contributed by atoms with Crippen LogP contribution in [0.3, 0.4) is 0 Å². The van der Waals surface area contributed by atoms with Crippen LogP contribution in [0.25, 0.3) is 0 Å². The van der Waals surface area contributed by atoms with Crippen LogP contribution < -0.4 is 10.1 Å².